The SMILES string of the molecule is Cc1nn(-c2ccccc2)c2c1[C@@H](c1cccc([N+](=O)[O-])c1)N1C(=N2)C(Nc2ccc(Cl)cc2)=Nc2ccccc21. The van der Waals surface area contributed by atoms with Crippen LogP contribution in [-0.4, -0.2) is 26.4 Å². The fourth-order valence-electron chi connectivity index (χ4n) is 5.34. The van der Waals surface area contributed by atoms with E-state index in [-0.39, 0.29) is 10.6 Å². The molecular weight excluding hydrogens is 538 g/mol. The van der Waals surface area contributed by atoms with E-state index in [1.165, 1.54) is 6.07 Å². The van der Waals surface area contributed by atoms with Crippen LogP contribution < -0.4 is 10.2 Å². The number of non-ortho nitro benzene ring substituents is 1. The molecule has 0 aliphatic carbocycles. The van der Waals surface area contributed by atoms with Crippen LogP contribution in [-0.2, 0) is 0 Å². The lowest BCUT2D eigenvalue weighted by atomic mass is 9.93. The molecule has 10 heteroatoms. The van der Waals surface area contributed by atoms with Crippen LogP contribution in [0.4, 0.5) is 28.6 Å². The summed E-state index contributed by atoms with van der Waals surface area (Å²) in [6.07, 6.45) is 0. The van der Waals surface area contributed by atoms with Crippen molar-refractivity contribution in [3.63, 3.8) is 0 Å². The van der Waals surface area contributed by atoms with Crippen LogP contribution in [0, 0.1) is 17.0 Å². The Kier molecular flexibility index (Phi) is 5.87. The fourth-order valence-corrected chi connectivity index (χ4v) is 5.47. The van der Waals surface area contributed by atoms with Crippen molar-refractivity contribution >= 4 is 51.8 Å². The second-order valence-corrected chi connectivity index (χ2v) is 10.1. The first-order valence-corrected chi connectivity index (χ1v) is 13.3. The number of nitro groups is 1. The van der Waals surface area contributed by atoms with Crippen molar-refractivity contribution in [1.29, 1.82) is 0 Å². The average molecular weight is 560 g/mol. The van der Waals surface area contributed by atoms with Gasteiger partial charge in [0.25, 0.3) is 5.69 Å². The van der Waals surface area contributed by atoms with Gasteiger partial charge in [-0.2, -0.15) is 5.10 Å². The standard InChI is InChI=1S/C31H22ClN7O2/c1-19-27-28(20-8-7-11-24(18-20)39(40)41)37-26-13-6-5-12-25(26)34-29(33-22-16-14-21(32)15-17-22)31(37)35-30(27)38(36-19)23-9-3-2-4-10-23/h2-18,28H,1H3,(H,33,34)/t28-/m1/s1. The van der Waals surface area contributed by atoms with E-state index in [4.69, 9.17) is 26.7 Å². The predicted molar refractivity (Wildman–Crippen MR) is 161 cm³/mol. The summed E-state index contributed by atoms with van der Waals surface area (Å²) in [7, 11) is 0. The average Bonchev–Trinajstić information content (AvgIpc) is 3.33. The second kappa shape index (κ2) is 9.72. The van der Waals surface area contributed by atoms with Crippen LogP contribution in [0.25, 0.3) is 5.69 Å². The summed E-state index contributed by atoms with van der Waals surface area (Å²) in [5.41, 5.74) is 5.62. The molecule has 0 unspecified atom stereocenters. The minimum Gasteiger partial charge on any atom is -0.337 e. The summed E-state index contributed by atoms with van der Waals surface area (Å²) in [6.45, 7) is 1.94. The quantitative estimate of drug-likeness (QED) is 0.181. The number of anilines is 2. The number of para-hydroxylation sites is 3. The number of nitrogens with one attached hydrogen (secondary N) is 1. The van der Waals surface area contributed by atoms with Gasteiger partial charge in [-0.25, -0.2) is 14.7 Å². The van der Waals surface area contributed by atoms with E-state index in [0.717, 1.165) is 39.6 Å². The van der Waals surface area contributed by atoms with Crippen LogP contribution in [0.2, 0.25) is 5.02 Å². The van der Waals surface area contributed by atoms with Crippen molar-refractivity contribution in [3.05, 3.63) is 135 Å². The zero-order valence-corrected chi connectivity index (χ0v) is 22.5. The number of hydrogen-bond acceptors (Lipinski definition) is 7. The number of aryl methyl sites for hydroxylation is 1. The Morgan fingerprint density at radius 3 is 2.44 bits per heavy atom. The van der Waals surface area contributed by atoms with Crippen LogP contribution in [0.5, 0.6) is 0 Å². The molecule has 0 spiro atoms. The Hall–Kier alpha value is -5.28. The minimum absolute atomic E-state index is 0.0136. The lowest BCUT2D eigenvalue weighted by Gasteiger charge is -2.40. The highest BCUT2D eigenvalue weighted by Gasteiger charge is 2.41. The number of amidine groups is 2. The number of fused-ring (bicyclic) bond motifs is 4. The van der Waals surface area contributed by atoms with Crippen LogP contribution >= 0.6 is 11.6 Å². The highest BCUT2D eigenvalue weighted by atomic mass is 35.5. The molecular formula is C31H22ClN7O2. The zero-order valence-electron chi connectivity index (χ0n) is 21.8. The fraction of sp³-hybridized carbons (Fsp3) is 0.0645. The van der Waals surface area contributed by atoms with Crippen molar-refractivity contribution in [2.45, 2.75) is 13.0 Å². The molecule has 2 aliphatic heterocycles. The predicted octanol–water partition coefficient (Wildman–Crippen LogP) is 7.54. The molecule has 0 radical (unpaired) electrons. The Balaban J connectivity index is 1.50. The van der Waals surface area contributed by atoms with Gasteiger partial charge in [0.1, 0.15) is 0 Å². The molecule has 5 aromatic rings. The largest absolute Gasteiger partial charge is 0.337 e. The second-order valence-electron chi connectivity index (χ2n) is 9.71. The third-order valence-electron chi connectivity index (χ3n) is 7.14. The number of hydrogen-bond donors (Lipinski definition) is 1. The van der Waals surface area contributed by atoms with Crippen molar-refractivity contribution < 1.29 is 4.92 Å². The van der Waals surface area contributed by atoms with E-state index in [0.29, 0.717) is 22.5 Å². The summed E-state index contributed by atoms with van der Waals surface area (Å²) in [5.74, 6) is 1.74. The monoisotopic (exact) mass is 559 g/mol. The van der Waals surface area contributed by atoms with E-state index in [9.17, 15) is 10.1 Å². The smallest absolute Gasteiger partial charge is 0.269 e. The number of aliphatic imine (C=N–C) groups is 2. The molecule has 41 heavy (non-hydrogen) atoms. The maximum absolute atomic E-state index is 11.8. The van der Waals surface area contributed by atoms with Crippen molar-refractivity contribution in [2.24, 2.45) is 9.98 Å². The number of aromatic nitrogens is 2. The summed E-state index contributed by atoms with van der Waals surface area (Å²) < 4.78 is 1.82. The van der Waals surface area contributed by atoms with Gasteiger partial charge in [0.15, 0.2) is 17.5 Å². The van der Waals surface area contributed by atoms with Crippen molar-refractivity contribution in [2.75, 3.05) is 10.2 Å². The van der Waals surface area contributed by atoms with Gasteiger partial charge in [0.2, 0.25) is 0 Å². The maximum atomic E-state index is 11.8. The lowest BCUT2D eigenvalue weighted by molar-refractivity contribution is -0.384. The van der Waals surface area contributed by atoms with Crippen LogP contribution in [0.15, 0.2) is 113 Å². The van der Waals surface area contributed by atoms with Gasteiger partial charge < -0.3 is 10.2 Å². The molecule has 1 atom stereocenters. The highest BCUT2D eigenvalue weighted by Crippen LogP contribution is 2.48. The number of benzene rings is 4. The van der Waals surface area contributed by atoms with Gasteiger partial charge in [0, 0.05) is 28.4 Å². The molecule has 9 nitrogen and oxygen atoms in total. The molecule has 3 heterocycles. The molecule has 0 saturated carbocycles. The normalized spacial score (nSPS) is 15.3. The third-order valence-corrected chi connectivity index (χ3v) is 7.39. The Morgan fingerprint density at radius 2 is 1.66 bits per heavy atom. The number of nitro benzene ring substituents is 1. The van der Waals surface area contributed by atoms with Crippen LogP contribution in [0.1, 0.15) is 22.9 Å². The summed E-state index contributed by atoms with van der Waals surface area (Å²) in [4.78, 5) is 23.7. The molecule has 200 valence electrons. The first-order chi connectivity index (χ1) is 20.0. The maximum Gasteiger partial charge on any atom is 0.269 e. The highest BCUT2D eigenvalue weighted by molar-refractivity contribution is 6.51. The van der Waals surface area contributed by atoms with Crippen molar-refractivity contribution in [3.8, 4) is 5.69 Å². The number of nitrogens with zero attached hydrogens (tertiary/aromatic N) is 6. The summed E-state index contributed by atoms with van der Waals surface area (Å²) in [6, 6.07) is 31.2. The van der Waals surface area contributed by atoms with Gasteiger partial charge in [0.05, 0.1) is 33.7 Å². The minimum atomic E-state index is -0.464. The summed E-state index contributed by atoms with van der Waals surface area (Å²) >= 11 is 6.14. The first-order valence-electron chi connectivity index (χ1n) is 13.0. The molecule has 7 rings (SSSR count). The molecule has 1 aromatic heterocycles. The Morgan fingerprint density at radius 1 is 0.902 bits per heavy atom. The lowest BCUT2D eigenvalue weighted by Crippen LogP contribution is -2.46. The third kappa shape index (κ3) is 4.23. The molecule has 0 bridgehead atoms. The van der Waals surface area contributed by atoms with Gasteiger partial charge in [-0.15, -0.1) is 0 Å². The van der Waals surface area contributed by atoms with Gasteiger partial charge in [-0.05, 0) is 61.0 Å². The molecule has 2 aliphatic rings. The Labute approximate surface area is 240 Å². The van der Waals surface area contributed by atoms with E-state index >= 15 is 0 Å². The first kappa shape index (κ1) is 24.7. The number of halogens is 1. The zero-order chi connectivity index (χ0) is 28.1. The topological polar surface area (TPSA) is 101 Å². The van der Waals surface area contributed by atoms with Crippen molar-refractivity contribution in [1.82, 2.24) is 9.78 Å². The van der Waals surface area contributed by atoms with E-state index in [1.54, 1.807) is 24.3 Å². The van der Waals surface area contributed by atoms with Gasteiger partial charge >= 0.3 is 0 Å². The van der Waals surface area contributed by atoms with Gasteiger partial charge in [-0.3, -0.25) is 10.1 Å². The number of rotatable bonds is 4. The van der Waals surface area contributed by atoms with E-state index in [2.05, 4.69) is 10.2 Å². The van der Waals surface area contributed by atoms with E-state index < -0.39 is 6.04 Å². The Bertz CT molecular complexity index is 1880. The van der Waals surface area contributed by atoms with E-state index in [1.807, 2.05) is 84.4 Å². The van der Waals surface area contributed by atoms with Gasteiger partial charge in [-0.1, -0.05) is 54.1 Å². The molecule has 0 amide bonds. The van der Waals surface area contributed by atoms with Crippen LogP contribution in [0.3, 0.4) is 0 Å². The summed E-state index contributed by atoms with van der Waals surface area (Å²) in [5, 5.41) is 20.8. The molecule has 1 N–H and O–H groups in total. The molecule has 4 aromatic carbocycles. The molecule has 0 saturated heterocycles. The molecule has 0 fully saturated rings.